The molecule has 0 radical (unpaired) electrons. The zero-order chi connectivity index (χ0) is 13.0. The largest absolute Gasteiger partial charge is 0.310 e. The Morgan fingerprint density at radius 3 is 2.18 bits per heavy atom. The second-order valence-corrected chi connectivity index (χ2v) is 4.53. The third-order valence-electron chi connectivity index (χ3n) is 2.56. The topological polar surface area (TPSA) is 46.2 Å². The monoisotopic (exact) mass is 233 g/mol. The minimum absolute atomic E-state index is 0.0680. The summed E-state index contributed by atoms with van der Waals surface area (Å²) in [6.07, 6.45) is 0. The molecule has 0 saturated carbocycles. The Kier molecular flexibility index (Phi) is 4.58. The second-order valence-electron chi connectivity index (χ2n) is 4.53. The molecule has 0 spiro atoms. The van der Waals surface area contributed by atoms with Gasteiger partial charge in [0.25, 0.3) is 0 Å². The van der Waals surface area contributed by atoms with Gasteiger partial charge in [-0.05, 0) is 25.5 Å². The van der Waals surface area contributed by atoms with E-state index in [0.29, 0.717) is 23.7 Å². The number of ketones is 2. The number of benzene rings is 1. The molecule has 1 rings (SSSR count). The number of carbonyl (C=O) groups is 2. The molecule has 1 aromatic rings. The molecule has 92 valence electrons. The molecule has 0 fully saturated rings. The van der Waals surface area contributed by atoms with Crippen molar-refractivity contribution < 1.29 is 9.59 Å². The fraction of sp³-hybridized carbons (Fsp3) is 0.429. The fourth-order valence-electron chi connectivity index (χ4n) is 1.62. The molecule has 3 nitrogen and oxygen atoms in total. The second kappa shape index (κ2) is 5.73. The number of carbonyl (C=O) groups excluding carboxylic acids is 2. The van der Waals surface area contributed by atoms with Crippen LogP contribution in [0.5, 0.6) is 0 Å². The molecule has 1 N–H and O–H groups in total. The smallest absolute Gasteiger partial charge is 0.160 e. The molecule has 0 aliphatic heterocycles. The van der Waals surface area contributed by atoms with Crippen LogP contribution in [0, 0.1) is 0 Å². The van der Waals surface area contributed by atoms with Crippen molar-refractivity contribution in [1.82, 2.24) is 5.32 Å². The molecule has 3 heteroatoms. The van der Waals surface area contributed by atoms with E-state index in [0.717, 1.165) is 5.56 Å². The highest BCUT2D eigenvalue weighted by Crippen LogP contribution is 2.14. The van der Waals surface area contributed by atoms with Crippen LogP contribution >= 0.6 is 0 Å². The molecule has 17 heavy (non-hydrogen) atoms. The SMILES string of the molecule is CC(=O)c1ccc(CNC(C)C)cc1C(C)=O. The first kappa shape index (κ1) is 13.6. The fourth-order valence-corrected chi connectivity index (χ4v) is 1.62. The van der Waals surface area contributed by atoms with E-state index in [2.05, 4.69) is 19.2 Å². The standard InChI is InChI=1S/C14H19NO2/c1-9(2)15-8-12-5-6-13(10(3)16)14(7-12)11(4)17/h5-7,9,15H,8H2,1-4H3. The number of rotatable bonds is 5. The summed E-state index contributed by atoms with van der Waals surface area (Å²) in [4.78, 5) is 22.9. The third-order valence-corrected chi connectivity index (χ3v) is 2.56. The Hall–Kier alpha value is -1.48. The van der Waals surface area contributed by atoms with Crippen molar-refractivity contribution >= 4 is 11.6 Å². The van der Waals surface area contributed by atoms with Gasteiger partial charge >= 0.3 is 0 Å². The van der Waals surface area contributed by atoms with Gasteiger partial charge in [-0.3, -0.25) is 9.59 Å². The van der Waals surface area contributed by atoms with E-state index in [-0.39, 0.29) is 11.6 Å². The molecule has 0 bridgehead atoms. The van der Waals surface area contributed by atoms with Crippen LogP contribution < -0.4 is 5.32 Å². The Balaban J connectivity index is 3.02. The maximum Gasteiger partial charge on any atom is 0.160 e. The number of nitrogens with one attached hydrogen (secondary N) is 1. The van der Waals surface area contributed by atoms with Crippen molar-refractivity contribution in [3.05, 3.63) is 34.9 Å². The Morgan fingerprint density at radius 1 is 1.12 bits per heavy atom. The number of Topliss-reactive ketones (excluding diaryl/α,β-unsaturated/α-hetero) is 2. The van der Waals surface area contributed by atoms with Crippen LogP contribution in [0.3, 0.4) is 0 Å². The summed E-state index contributed by atoms with van der Waals surface area (Å²) in [6, 6.07) is 5.81. The molecule has 1 aromatic carbocycles. The number of hydrogen-bond donors (Lipinski definition) is 1. The summed E-state index contributed by atoms with van der Waals surface area (Å²) >= 11 is 0. The highest BCUT2D eigenvalue weighted by atomic mass is 16.1. The maximum atomic E-state index is 11.5. The first-order valence-corrected chi connectivity index (χ1v) is 5.80. The summed E-state index contributed by atoms with van der Waals surface area (Å²) in [5.74, 6) is -0.139. The van der Waals surface area contributed by atoms with Crippen molar-refractivity contribution in [2.24, 2.45) is 0 Å². The zero-order valence-corrected chi connectivity index (χ0v) is 10.8. The summed E-state index contributed by atoms with van der Waals surface area (Å²) in [5.41, 5.74) is 2.04. The van der Waals surface area contributed by atoms with Gasteiger partial charge in [0.15, 0.2) is 11.6 Å². The molecule has 0 atom stereocenters. The Bertz CT molecular complexity index is 436. The van der Waals surface area contributed by atoms with Crippen molar-refractivity contribution in [3.63, 3.8) is 0 Å². The first-order valence-electron chi connectivity index (χ1n) is 5.80. The Morgan fingerprint density at radius 2 is 1.71 bits per heavy atom. The summed E-state index contributed by atoms with van der Waals surface area (Å²) in [6.45, 7) is 7.80. The average Bonchev–Trinajstić information content (AvgIpc) is 2.25. The van der Waals surface area contributed by atoms with E-state index in [9.17, 15) is 9.59 Å². The van der Waals surface area contributed by atoms with E-state index in [4.69, 9.17) is 0 Å². The van der Waals surface area contributed by atoms with Gasteiger partial charge in [0, 0.05) is 23.7 Å². The van der Waals surface area contributed by atoms with Crippen LogP contribution in [-0.2, 0) is 6.54 Å². The van der Waals surface area contributed by atoms with Crippen molar-refractivity contribution in [1.29, 1.82) is 0 Å². The van der Waals surface area contributed by atoms with Gasteiger partial charge in [-0.25, -0.2) is 0 Å². The van der Waals surface area contributed by atoms with Gasteiger partial charge in [0.2, 0.25) is 0 Å². The number of hydrogen-bond acceptors (Lipinski definition) is 3. The predicted molar refractivity (Wildman–Crippen MR) is 68.4 cm³/mol. The molecule has 0 aliphatic rings. The molecule has 0 amide bonds. The van der Waals surface area contributed by atoms with Gasteiger partial charge in [0.05, 0.1) is 0 Å². The van der Waals surface area contributed by atoms with Crippen LogP contribution in [-0.4, -0.2) is 17.6 Å². The van der Waals surface area contributed by atoms with Gasteiger partial charge in [-0.1, -0.05) is 26.0 Å². The van der Waals surface area contributed by atoms with Crippen LogP contribution in [0.1, 0.15) is 54.0 Å². The zero-order valence-electron chi connectivity index (χ0n) is 10.8. The van der Waals surface area contributed by atoms with Crippen molar-refractivity contribution in [2.45, 2.75) is 40.3 Å². The molecular formula is C14H19NO2. The molecule has 0 saturated heterocycles. The summed E-state index contributed by atoms with van der Waals surface area (Å²) in [5, 5.41) is 3.28. The summed E-state index contributed by atoms with van der Waals surface area (Å²) < 4.78 is 0. The average molecular weight is 233 g/mol. The predicted octanol–water partition coefficient (Wildman–Crippen LogP) is 2.59. The maximum absolute atomic E-state index is 11.5. The van der Waals surface area contributed by atoms with Gasteiger partial charge in [0.1, 0.15) is 0 Å². The third kappa shape index (κ3) is 3.79. The lowest BCUT2D eigenvalue weighted by Crippen LogP contribution is -2.22. The van der Waals surface area contributed by atoms with Crippen molar-refractivity contribution in [3.8, 4) is 0 Å². The lowest BCUT2D eigenvalue weighted by Gasteiger charge is -2.10. The molecule has 0 unspecified atom stereocenters. The van der Waals surface area contributed by atoms with Crippen LogP contribution in [0.15, 0.2) is 18.2 Å². The minimum atomic E-state index is -0.0708. The van der Waals surface area contributed by atoms with Crippen LogP contribution in [0.4, 0.5) is 0 Å². The normalized spacial score (nSPS) is 10.6. The first-order chi connectivity index (χ1) is 7.91. The van der Waals surface area contributed by atoms with Crippen molar-refractivity contribution in [2.75, 3.05) is 0 Å². The minimum Gasteiger partial charge on any atom is -0.310 e. The molecule has 0 heterocycles. The van der Waals surface area contributed by atoms with Gasteiger partial charge in [-0.2, -0.15) is 0 Å². The molecular weight excluding hydrogens is 214 g/mol. The van der Waals surface area contributed by atoms with Gasteiger partial charge in [-0.15, -0.1) is 0 Å². The van der Waals surface area contributed by atoms with Crippen LogP contribution in [0.2, 0.25) is 0 Å². The van der Waals surface area contributed by atoms with E-state index >= 15 is 0 Å². The van der Waals surface area contributed by atoms with E-state index in [1.165, 1.54) is 13.8 Å². The Labute approximate surface area is 102 Å². The lowest BCUT2D eigenvalue weighted by molar-refractivity contribution is 0.0980. The van der Waals surface area contributed by atoms with E-state index < -0.39 is 0 Å². The summed E-state index contributed by atoms with van der Waals surface area (Å²) in [7, 11) is 0. The van der Waals surface area contributed by atoms with Crippen LogP contribution in [0.25, 0.3) is 0 Å². The quantitative estimate of drug-likeness (QED) is 0.795. The highest BCUT2D eigenvalue weighted by Gasteiger charge is 2.11. The van der Waals surface area contributed by atoms with E-state index in [1.54, 1.807) is 12.1 Å². The van der Waals surface area contributed by atoms with E-state index in [1.807, 2.05) is 6.07 Å². The van der Waals surface area contributed by atoms with Gasteiger partial charge < -0.3 is 5.32 Å². The molecule has 0 aromatic heterocycles. The highest BCUT2D eigenvalue weighted by molar-refractivity contribution is 6.07. The molecule has 0 aliphatic carbocycles. The lowest BCUT2D eigenvalue weighted by atomic mass is 9.98.